The van der Waals surface area contributed by atoms with Crippen LogP contribution in [0.5, 0.6) is 0 Å². The summed E-state index contributed by atoms with van der Waals surface area (Å²) in [6.07, 6.45) is 2.96. The van der Waals surface area contributed by atoms with Gasteiger partial charge in [-0.3, -0.25) is 0 Å². The zero-order valence-corrected chi connectivity index (χ0v) is 12.3. The number of rotatable bonds is 4. The van der Waals surface area contributed by atoms with E-state index in [2.05, 4.69) is 12.2 Å². The molecule has 2 N–H and O–H groups in total. The molecule has 2 rings (SSSR count). The first-order valence-electron chi connectivity index (χ1n) is 7.44. The van der Waals surface area contributed by atoms with Crippen LogP contribution in [0.2, 0.25) is 0 Å². The number of benzene rings is 1. The molecule has 0 aromatic heterocycles. The van der Waals surface area contributed by atoms with Crippen molar-refractivity contribution in [3.63, 3.8) is 0 Å². The maximum Gasteiger partial charge on any atom is 0.321 e. The van der Waals surface area contributed by atoms with Gasteiger partial charge in [-0.2, -0.15) is 0 Å². The molecule has 4 nitrogen and oxygen atoms in total. The van der Waals surface area contributed by atoms with Crippen LogP contribution in [0.4, 0.5) is 10.5 Å². The standard InChI is InChI=1S/C16H24N2O2/c1-3-5-13-8-9-18(11-13)16(20)17-15-7-4-6-14(10-15)12(2)19/h4,6-7,10,12-13,19H,3,5,8-9,11H2,1-2H3,(H,17,20). The molecule has 0 saturated carbocycles. The molecule has 1 aliphatic heterocycles. The number of carbonyl (C=O) groups excluding carboxylic acids is 1. The van der Waals surface area contributed by atoms with E-state index in [1.54, 1.807) is 6.92 Å². The van der Waals surface area contributed by atoms with E-state index >= 15 is 0 Å². The molecule has 2 amide bonds. The summed E-state index contributed by atoms with van der Waals surface area (Å²) in [4.78, 5) is 14.1. The van der Waals surface area contributed by atoms with Gasteiger partial charge in [0.05, 0.1) is 6.10 Å². The first-order valence-corrected chi connectivity index (χ1v) is 7.44. The van der Waals surface area contributed by atoms with Gasteiger partial charge in [-0.05, 0) is 43.4 Å². The zero-order chi connectivity index (χ0) is 14.5. The Morgan fingerprint density at radius 3 is 3.05 bits per heavy atom. The van der Waals surface area contributed by atoms with Crippen molar-refractivity contribution >= 4 is 11.7 Å². The van der Waals surface area contributed by atoms with E-state index in [9.17, 15) is 9.90 Å². The number of hydrogen-bond acceptors (Lipinski definition) is 2. The second-order valence-corrected chi connectivity index (χ2v) is 5.62. The third kappa shape index (κ3) is 3.73. The molecule has 1 aliphatic rings. The number of nitrogens with one attached hydrogen (secondary N) is 1. The molecular formula is C16H24N2O2. The Morgan fingerprint density at radius 1 is 1.55 bits per heavy atom. The van der Waals surface area contributed by atoms with Crippen molar-refractivity contribution in [2.75, 3.05) is 18.4 Å². The van der Waals surface area contributed by atoms with E-state index in [0.717, 1.165) is 30.8 Å². The highest BCUT2D eigenvalue weighted by Crippen LogP contribution is 2.22. The number of carbonyl (C=O) groups is 1. The maximum absolute atomic E-state index is 12.2. The quantitative estimate of drug-likeness (QED) is 0.885. The summed E-state index contributed by atoms with van der Waals surface area (Å²) in [6.45, 7) is 5.60. The number of aliphatic hydroxyl groups excluding tert-OH is 1. The fourth-order valence-electron chi connectivity index (χ4n) is 2.74. The third-order valence-corrected chi connectivity index (χ3v) is 3.89. The highest BCUT2D eigenvalue weighted by Gasteiger charge is 2.25. The number of nitrogens with zero attached hydrogens (tertiary/aromatic N) is 1. The normalized spacial score (nSPS) is 19.9. The Labute approximate surface area is 120 Å². The van der Waals surface area contributed by atoms with Crippen molar-refractivity contribution < 1.29 is 9.90 Å². The summed E-state index contributed by atoms with van der Waals surface area (Å²) in [6, 6.07) is 7.34. The number of hydrogen-bond donors (Lipinski definition) is 2. The minimum atomic E-state index is -0.521. The van der Waals surface area contributed by atoms with Crippen LogP contribution in [0.1, 0.15) is 44.8 Å². The maximum atomic E-state index is 12.2. The minimum absolute atomic E-state index is 0.0358. The number of urea groups is 1. The summed E-state index contributed by atoms with van der Waals surface area (Å²) < 4.78 is 0. The van der Waals surface area contributed by atoms with Crippen LogP contribution in [0.25, 0.3) is 0 Å². The summed E-state index contributed by atoms with van der Waals surface area (Å²) >= 11 is 0. The zero-order valence-electron chi connectivity index (χ0n) is 12.3. The molecule has 1 heterocycles. The number of amides is 2. The van der Waals surface area contributed by atoms with Crippen molar-refractivity contribution in [3.8, 4) is 0 Å². The van der Waals surface area contributed by atoms with Crippen molar-refractivity contribution in [1.29, 1.82) is 0 Å². The van der Waals surface area contributed by atoms with Gasteiger partial charge in [-0.1, -0.05) is 25.5 Å². The van der Waals surface area contributed by atoms with Crippen LogP contribution in [0.3, 0.4) is 0 Å². The lowest BCUT2D eigenvalue weighted by Crippen LogP contribution is -2.33. The van der Waals surface area contributed by atoms with Crippen LogP contribution >= 0.6 is 0 Å². The molecule has 0 aliphatic carbocycles. The van der Waals surface area contributed by atoms with Crippen LogP contribution in [-0.4, -0.2) is 29.1 Å². The highest BCUT2D eigenvalue weighted by molar-refractivity contribution is 5.89. The lowest BCUT2D eigenvalue weighted by atomic mass is 10.0. The molecule has 0 bridgehead atoms. The Morgan fingerprint density at radius 2 is 2.35 bits per heavy atom. The van der Waals surface area contributed by atoms with Gasteiger partial charge in [0.15, 0.2) is 0 Å². The Kier molecular flexibility index (Phi) is 5.01. The van der Waals surface area contributed by atoms with Crippen molar-refractivity contribution in [2.24, 2.45) is 5.92 Å². The molecule has 4 heteroatoms. The molecular weight excluding hydrogens is 252 g/mol. The first-order chi connectivity index (χ1) is 9.60. The summed E-state index contributed by atoms with van der Waals surface area (Å²) in [5, 5.41) is 12.5. The van der Waals surface area contributed by atoms with Gasteiger partial charge in [0.1, 0.15) is 0 Å². The van der Waals surface area contributed by atoms with Crippen LogP contribution in [0, 0.1) is 5.92 Å². The van der Waals surface area contributed by atoms with Gasteiger partial charge in [0.2, 0.25) is 0 Å². The Balaban J connectivity index is 1.93. The molecule has 2 atom stereocenters. The van der Waals surface area contributed by atoms with Gasteiger partial charge in [0.25, 0.3) is 0 Å². The van der Waals surface area contributed by atoms with Crippen molar-refractivity contribution in [3.05, 3.63) is 29.8 Å². The van der Waals surface area contributed by atoms with E-state index in [-0.39, 0.29) is 6.03 Å². The highest BCUT2D eigenvalue weighted by atomic mass is 16.3. The summed E-state index contributed by atoms with van der Waals surface area (Å²) in [5.74, 6) is 0.648. The second-order valence-electron chi connectivity index (χ2n) is 5.62. The van der Waals surface area contributed by atoms with Gasteiger partial charge < -0.3 is 15.3 Å². The Bertz CT molecular complexity index is 460. The monoisotopic (exact) mass is 276 g/mol. The third-order valence-electron chi connectivity index (χ3n) is 3.89. The SMILES string of the molecule is CCCC1CCN(C(=O)Nc2cccc(C(C)O)c2)C1. The number of anilines is 1. The van der Waals surface area contributed by atoms with Crippen LogP contribution < -0.4 is 5.32 Å². The average molecular weight is 276 g/mol. The van der Waals surface area contributed by atoms with E-state index in [4.69, 9.17) is 0 Å². The first kappa shape index (κ1) is 14.9. The van der Waals surface area contributed by atoms with Crippen LogP contribution in [0.15, 0.2) is 24.3 Å². The lowest BCUT2D eigenvalue weighted by molar-refractivity contribution is 0.199. The van der Waals surface area contributed by atoms with Gasteiger partial charge in [0, 0.05) is 18.8 Å². The second kappa shape index (κ2) is 6.75. The average Bonchev–Trinajstić information content (AvgIpc) is 2.88. The summed E-state index contributed by atoms with van der Waals surface area (Å²) in [5.41, 5.74) is 1.56. The fraction of sp³-hybridized carbons (Fsp3) is 0.562. The number of likely N-dealkylation sites (tertiary alicyclic amines) is 1. The molecule has 110 valence electrons. The molecule has 1 aromatic carbocycles. The van der Waals surface area contributed by atoms with E-state index in [1.807, 2.05) is 29.2 Å². The van der Waals surface area contributed by atoms with E-state index < -0.39 is 6.10 Å². The molecule has 2 unspecified atom stereocenters. The van der Waals surface area contributed by atoms with Crippen molar-refractivity contribution in [1.82, 2.24) is 4.90 Å². The predicted molar refractivity (Wildman–Crippen MR) is 80.7 cm³/mol. The predicted octanol–water partition coefficient (Wildman–Crippen LogP) is 3.39. The molecule has 1 aromatic rings. The smallest absolute Gasteiger partial charge is 0.321 e. The van der Waals surface area contributed by atoms with Crippen molar-refractivity contribution in [2.45, 2.75) is 39.2 Å². The fourth-order valence-corrected chi connectivity index (χ4v) is 2.74. The van der Waals surface area contributed by atoms with E-state index in [1.165, 1.54) is 12.8 Å². The van der Waals surface area contributed by atoms with Gasteiger partial charge in [-0.25, -0.2) is 4.79 Å². The number of aliphatic hydroxyl groups is 1. The molecule has 20 heavy (non-hydrogen) atoms. The molecule has 1 saturated heterocycles. The molecule has 0 radical (unpaired) electrons. The van der Waals surface area contributed by atoms with Crippen LogP contribution in [-0.2, 0) is 0 Å². The van der Waals surface area contributed by atoms with Gasteiger partial charge >= 0.3 is 6.03 Å². The molecule has 0 spiro atoms. The lowest BCUT2D eigenvalue weighted by Gasteiger charge is -2.18. The Hall–Kier alpha value is -1.55. The van der Waals surface area contributed by atoms with E-state index in [0.29, 0.717) is 5.92 Å². The largest absolute Gasteiger partial charge is 0.389 e. The van der Waals surface area contributed by atoms with Gasteiger partial charge in [-0.15, -0.1) is 0 Å². The minimum Gasteiger partial charge on any atom is -0.389 e. The summed E-state index contributed by atoms with van der Waals surface area (Å²) in [7, 11) is 0. The topological polar surface area (TPSA) is 52.6 Å². The molecule has 1 fully saturated rings.